The maximum absolute atomic E-state index is 13.5. The SMILES string of the molecule is Cc1cc(C)c(C(=O)OC(c2ccccc2)C(c2ccccc2)N2CCCC2)c(C)c1. The fourth-order valence-electron chi connectivity index (χ4n) is 4.88. The maximum Gasteiger partial charge on any atom is 0.339 e. The van der Waals surface area contributed by atoms with Crippen LogP contribution in [-0.4, -0.2) is 24.0 Å². The van der Waals surface area contributed by atoms with Crippen molar-refractivity contribution in [3.8, 4) is 0 Å². The van der Waals surface area contributed by atoms with E-state index in [2.05, 4.69) is 60.4 Å². The zero-order chi connectivity index (χ0) is 21.8. The molecule has 0 aliphatic carbocycles. The summed E-state index contributed by atoms with van der Waals surface area (Å²) in [5, 5.41) is 0. The van der Waals surface area contributed by atoms with Crippen molar-refractivity contribution in [2.75, 3.05) is 13.1 Å². The second-order valence-corrected chi connectivity index (χ2v) is 8.61. The molecule has 1 aliphatic heterocycles. The molecule has 0 bridgehead atoms. The number of nitrogens with zero attached hydrogens (tertiary/aromatic N) is 1. The van der Waals surface area contributed by atoms with E-state index < -0.39 is 0 Å². The molecule has 1 aliphatic rings. The van der Waals surface area contributed by atoms with Gasteiger partial charge >= 0.3 is 5.97 Å². The summed E-state index contributed by atoms with van der Waals surface area (Å²) < 4.78 is 6.37. The molecule has 3 aromatic rings. The molecule has 3 nitrogen and oxygen atoms in total. The van der Waals surface area contributed by atoms with Crippen LogP contribution in [0.3, 0.4) is 0 Å². The Morgan fingerprint density at radius 1 is 0.806 bits per heavy atom. The van der Waals surface area contributed by atoms with Crippen molar-refractivity contribution < 1.29 is 9.53 Å². The largest absolute Gasteiger partial charge is 0.452 e. The normalized spacial score (nSPS) is 16.1. The number of aryl methyl sites for hydroxylation is 3. The van der Waals surface area contributed by atoms with Gasteiger partial charge in [-0.05, 0) is 69.0 Å². The molecule has 4 rings (SSSR count). The van der Waals surface area contributed by atoms with Crippen molar-refractivity contribution in [3.63, 3.8) is 0 Å². The molecule has 0 N–H and O–H groups in total. The van der Waals surface area contributed by atoms with Crippen LogP contribution < -0.4 is 0 Å². The Kier molecular flexibility index (Phi) is 6.53. The number of benzene rings is 3. The van der Waals surface area contributed by atoms with Crippen molar-refractivity contribution in [1.82, 2.24) is 4.90 Å². The number of carbonyl (C=O) groups excluding carboxylic acids is 1. The van der Waals surface area contributed by atoms with Crippen LogP contribution in [0.1, 0.15) is 63.2 Å². The minimum Gasteiger partial charge on any atom is -0.452 e. The van der Waals surface area contributed by atoms with Crippen molar-refractivity contribution in [3.05, 3.63) is 106 Å². The van der Waals surface area contributed by atoms with Crippen LogP contribution in [-0.2, 0) is 4.74 Å². The number of hydrogen-bond donors (Lipinski definition) is 0. The molecule has 2 unspecified atom stereocenters. The lowest BCUT2D eigenvalue weighted by Crippen LogP contribution is -2.33. The summed E-state index contributed by atoms with van der Waals surface area (Å²) in [7, 11) is 0. The molecule has 31 heavy (non-hydrogen) atoms. The van der Waals surface area contributed by atoms with Crippen LogP contribution in [0, 0.1) is 20.8 Å². The van der Waals surface area contributed by atoms with Gasteiger partial charge in [0.05, 0.1) is 11.6 Å². The third-order valence-electron chi connectivity index (χ3n) is 6.21. The second kappa shape index (κ2) is 9.49. The van der Waals surface area contributed by atoms with Gasteiger partial charge in [0, 0.05) is 0 Å². The van der Waals surface area contributed by atoms with Gasteiger partial charge in [-0.2, -0.15) is 0 Å². The van der Waals surface area contributed by atoms with E-state index >= 15 is 0 Å². The summed E-state index contributed by atoms with van der Waals surface area (Å²) in [5.74, 6) is -0.246. The molecule has 160 valence electrons. The van der Waals surface area contributed by atoms with Gasteiger partial charge in [0.25, 0.3) is 0 Å². The smallest absolute Gasteiger partial charge is 0.339 e. The van der Waals surface area contributed by atoms with E-state index in [1.165, 1.54) is 18.4 Å². The van der Waals surface area contributed by atoms with Crippen LogP contribution in [0.25, 0.3) is 0 Å². The third-order valence-corrected chi connectivity index (χ3v) is 6.21. The number of rotatable bonds is 6. The molecule has 0 spiro atoms. The minimum atomic E-state index is -0.380. The maximum atomic E-state index is 13.5. The second-order valence-electron chi connectivity index (χ2n) is 8.61. The van der Waals surface area contributed by atoms with E-state index in [0.29, 0.717) is 5.56 Å². The fourth-order valence-corrected chi connectivity index (χ4v) is 4.88. The first kappa shape index (κ1) is 21.3. The van der Waals surface area contributed by atoms with Gasteiger partial charge in [0.2, 0.25) is 0 Å². The molecular formula is C28H31NO2. The quantitative estimate of drug-likeness (QED) is 0.441. The topological polar surface area (TPSA) is 29.5 Å². The van der Waals surface area contributed by atoms with E-state index in [1.54, 1.807) is 0 Å². The number of ether oxygens (including phenoxy) is 1. The average molecular weight is 414 g/mol. The van der Waals surface area contributed by atoms with Crippen LogP contribution in [0.5, 0.6) is 0 Å². The van der Waals surface area contributed by atoms with Gasteiger partial charge in [-0.3, -0.25) is 4.90 Å². The Balaban J connectivity index is 1.76. The average Bonchev–Trinajstić information content (AvgIpc) is 3.28. The Morgan fingerprint density at radius 2 is 1.32 bits per heavy atom. The highest BCUT2D eigenvalue weighted by molar-refractivity contribution is 5.93. The van der Waals surface area contributed by atoms with Gasteiger partial charge in [-0.25, -0.2) is 4.79 Å². The van der Waals surface area contributed by atoms with Gasteiger partial charge in [0.15, 0.2) is 0 Å². The number of likely N-dealkylation sites (tertiary alicyclic amines) is 1. The standard InChI is InChI=1S/C28H31NO2/c1-20-18-21(2)25(22(3)19-20)28(30)31-27(24-14-8-5-9-15-24)26(29-16-10-11-17-29)23-12-6-4-7-13-23/h4-9,12-15,18-19,26-27H,10-11,16-17H2,1-3H3. The summed E-state index contributed by atoms with van der Waals surface area (Å²) in [6.45, 7) is 8.07. The third kappa shape index (κ3) is 4.72. The Morgan fingerprint density at radius 3 is 1.87 bits per heavy atom. The van der Waals surface area contributed by atoms with Gasteiger partial charge < -0.3 is 4.74 Å². The number of carbonyl (C=O) groups is 1. The summed E-state index contributed by atoms with van der Waals surface area (Å²) in [6.07, 6.45) is 1.97. The lowest BCUT2D eigenvalue weighted by Gasteiger charge is -2.35. The summed E-state index contributed by atoms with van der Waals surface area (Å²) >= 11 is 0. The Hall–Kier alpha value is -2.91. The van der Waals surface area contributed by atoms with Gasteiger partial charge in [-0.1, -0.05) is 78.4 Å². The highest BCUT2D eigenvalue weighted by Crippen LogP contribution is 2.39. The molecular weight excluding hydrogens is 382 g/mol. The Bertz CT molecular complexity index is 1000. The van der Waals surface area contributed by atoms with Crippen molar-refractivity contribution in [2.24, 2.45) is 0 Å². The minimum absolute atomic E-state index is 0.0129. The molecule has 0 saturated carbocycles. The van der Waals surface area contributed by atoms with Crippen molar-refractivity contribution in [2.45, 2.75) is 45.8 Å². The van der Waals surface area contributed by atoms with Crippen molar-refractivity contribution in [1.29, 1.82) is 0 Å². The predicted octanol–water partition coefficient (Wildman–Crippen LogP) is 6.35. The number of esters is 1. The first-order valence-electron chi connectivity index (χ1n) is 11.2. The summed E-state index contributed by atoms with van der Waals surface area (Å²) in [6, 6.07) is 24.7. The number of hydrogen-bond acceptors (Lipinski definition) is 3. The highest BCUT2D eigenvalue weighted by Gasteiger charge is 2.35. The van der Waals surface area contributed by atoms with E-state index in [4.69, 9.17) is 4.74 Å². The molecule has 3 heteroatoms. The molecule has 0 radical (unpaired) electrons. The van der Waals surface area contributed by atoms with E-state index in [0.717, 1.165) is 35.3 Å². The van der Waals surface area contributed by atoms with Gasteiger partial charge in [-0.15, -0.1) is 0 Å². The molecule has 1 heterocycles. The molecule has 3 aromatic carbocycles. The summed E-state index contributed by atoms with van der Waals surface area (Å²) in [4.78, 5) is 16.0. The molecule has 0 amide bonds. The van der Waals surface area contributed by atoms with Crippen molar-refractivity contribution >= 4 is 5.97 Å². The molecule has 1 fully saturated rings. The zero-order valence-corrected chi connectivity index (χ0v) is 18.7. The zero-order valence-electron chi connectivity index (χ0n) is 18.7. The van der Waals surface area contributed by atoms with Crippen LogP contribution in [0.4, 0.5) is 0 Å². The first-order chi connectivity index (χ1) is 15.0. The van der Waals surface area contributed by atoms with Crippen LogP contribution >= 0.6 is 0 Å². The molecule has 0 aromatic heterocycles. The summed E-state index contributed by atoms with van der Waals surface area (Å²) in [5.41, 5.74) is 5.98. The molecule has 2 atom stereocenters. The molecule has 1 saturated heterocycles. The van der Waals surface area contributed by atoms with Gasteiger partial charge in [0.1, 0.15) is 6.10 Å². The van der Waals surface area contributed by atoms with Crippen LogP contribution in [0.15, 0.2) is 72.8 Å². The van der Waals surface area contributed by atoms with E-state index in [9.17, 15) is 4.79 Å². The van der Waals surface area contributed by atoms with E-state index in [-0.39, 0.29) is 18.1 Å². The first-order valence-corrected chi connectivity index (χ1v) is 11.2. The van der Waals surface area contributed by atoms with Crippen LogP contribution in [0.2, 0.25) is 0 Å². The fraction of sp³-hybridized carbons (Fsp3) is 0.321. The lowest BCUT2D eigenvalue weighted by molar-refractivity contribution is 0.000109. The monoisotopic (exact) mass is 413 g/mol. The highest BCUT2D eigenvalue weighted by atomic mass is 16.5. The van der Waals surface area contributed by atoms with E-state index in [1.807, 2.05) is 38.1 Å². The lowest BCUT2D eigenvalue weighted by atomic mass is 9.94. The Labute approximate surface area is 185 Å². The predicted molar refractivity (Wildman–Crippen MR) is 125 cm³/mol.